The molecule has 0 aliphatic rings. The quantitative estimate of drug-likeness (QED) is 0.0519. The maximum absolute atomic E-state index is 10.2. The Bertz CT molecular complexity index is 488. The molecule has 0 radical (unpaired) electrons. The van der Waals surface area contributed by atoms with E-state index < -0.39 is 43.5 Å². The molecule has 0 aromatic rings. The topological polar surface area (TPSA) is 142 Å². The Labute approximate surface area is 246 Å². The van der Waals surface area contributed by atoms with Gasteiger partial charge in [-0.2, -0.15) is 0 Å². The lowest BCUT2D eigenvalue weighted by atomic mass is 9.70. The second-order valence-corrected chi connectivity index (χ2v) is 12.6. The normalized spacial score (nSPS) is 16.5. The molecule has 0 fully saturated rings. The van der Waals surface area contributed by atoms with E-state index in [-0.39, 0.29) is 25.4 Å². The number of aliphatic hydroxyl groups is 7. The van der Waals surface area contributed by atoms with Crippen molar-refractivity contribution in [3.63, 3.8) is 0 Å². The fourth-order valence-electron chi connectivity index (χ4n) is 6.20. The minimum absolute atomic E-state index is 0.121. The van der Waals surface area contributed by atoms with E-state index in [9.17, 15) is 35.7 Å². The first-order valence-electron chi connectivity index (χ1n) is 16.9. The number of aliphatic hydroxyl groups excluding tert-OH is 7. The van der Waals surface area contributed by atoms with Gasteiger partial charge in [0.05, 0.1) is 44.2 Å². The second kappa shape index (κ2) is 27.5. The van der Waals surface area contributed by atoms with Crippen molar-refractivity contribution in [2.75, 3.05) is 19.8 Å². The van der Waals surface area contributed by atoms with E-state index in [2.05, 4.69) is 6.92 Å². The Kier molecular flexibility index (Phi) is 27.4. The zero-order valence-corrected chi connectivity index (χ0v) is 26.0. The molecule has 0 saturated carbocycles. The minimum Gasteiger partial charge on any atom is -0.394 e. The van der Waals surface area contributed by atoms with Crippen LogP contribution in [0.3, 0.4) is 0 Å². The fourth-order valence-corrected chi connectivity index (χ4v) is 6.20. The molecule has 0 aliphatic carbocycles. The highest BCUT2D eigenvalue weighted by atomic mass is 16.3. The molecule has 242 valence electrons. The van der Waals surface area contributed by atoms with Crippen molar-refractivity contribution in [3.05, 3.63) is 0 Å². The SMILES string of the molecule is CCCCCCCCCCC(O)CCCCCCCCCCCCC(CC(O)CO)(CC(O)CO)CC(O)CO. The van der Waals surface area contributed by atoms with Crippen LogP contribution in [0.5, 0.6) is 0 Å². The van der Waals surface area contributed by atoms with Crippen molar-refractivity contribution >= 4 is 0 Å². The molecular formula is C33H68O7. The van der Waals surface area contributed by atoms with Gasteiger partial charge in [-0.25, -0.2) is 0 Å². The first kappa shape index (κ1) is 39.7. The van der Waals surface area contributed by atoms with Gasteiger partial charge in [-0.3, -0.25) is 0 Å². The van der Waals surface area contributed by atoms with Crippen LogP contribution in [0.2, 0.25) is 0 Å². The maximum Gasteiger partial charge on any atom is 0.0776 e. The highest BCUT2D eigenvalue weighted by Crippen LogP contribution is 2.40. The number of unbranched alkanes of at least 4 members (excludes halogenated alkanes) is 16. The summed E-state index contributed by atoms with van der Waals surface area (Å²) in [4.78, 5) is 0. The van der Waals surface area contributed by atoms with Crippen LogP contribution in [0.15, 0.2) is 0 Å². The lowest BCUT2D eigenvalue weighted by molar-refractivity contribution is -0.0322. The van der Waals surface area contributed by atoms with Crippen molar-refractivity contribution in [3.8, 4) is 0 Å². The van der Waals surface area contributed by atoms with E-state index in [0.717, 1.165) is 44.9 Å². The summed E-state index contributed by atoms with van der Waals surface area (Å²) in [5.74, 6) is 0. The van der Waals surface area contributed by atoms with Crippen molar-refractivity contribution in [1.29, 1.82) is 0 Å². The van der Waals surface area contributed by atoms with Crippen molar-refractivity contribution in [2.45, 2.75) is 185 Å². The van der Waals surface area contributed by atoms with Crippen molar-refractivity contribution in [1.82, 2.24) is 0 Å². The average Bonchev–Trinajstić information content (AvgIpc) is 2.94. The van der Waals surface area contributed by atoms with Gasteiger partial charge in [0.15, 0.2) is 0 Å². The molecule has 0 heterocycles. The van der Waals surface area contributed by atoms with E-state index in [0.29, 0.717) is 6.42 Å². The maximum atomic E-state index is 10.2. The predicted molar refractivity (Wildman–Crippen MR) is 164 cm³/mol. The van der Waals surface area contributed by atoms with Gasteiger partial charge in [-0.15, -0.1) is 0 Å². The van der Waals surface area contributed by atoms with Crippen LogP contribution in [0, 0.1) is 5.41 Å². The molecule has 0 aromatic carbocycles. The molecule has 40 heavy (non-hydrogen) atoms. The standard InChI is InChI=1S/C33H68O7/c1-2-3-4-5-6-11-14-17-20-29(37)21-18-15-12-9-7-8-10-13-16-19-22-33(23-30(38)26-34,24-31(39)27-35)25-32(40)28-36/h29-32,34-40H,2-28H2,1H3. The Morgan fingerprint density at radius 2 is 0.700 bits per heavy atom. The van der Waals surface area contributed by atoms with Gasteiger partial charge in [-0.1, -0.05) is 122 Å². The highest BCUT2D eigenvalue weighted by Gasteiger charge is 2.36. The Morgan fingerprint density at radius 1 is 0.400 bits per heavy atom. The molecule has 0 aromatic heterocycles. The molecule has 0 amide bonds. The fraction of sp³-hybridized carbons (Fsp3) is 1.00. The number of hydrogen-bond acceptors (Lipinski definition) is 7. The number of hydrogen-bond donors (Lipinski definition) is 7. The summed E-state index contributed by atoms with van der Waals surface area (Å²) in [6.07, 6.45) is 22.1. The van der Waals surface area contributed by atoms with Crippen LogP contribution < -0.4 is 0 Å². The van der Waals surface area contributed by atoms with Crippen molar-refractivity contribution in [2.24, 2.45) is 5.41 Å². The van der Waals surface area contributed by atoms with Gasteiger partial charge < -0.3 is 35.7 Å². The van der Waals surface area contributed by atoms with E-state index in [1.54, 1.807) is 0 Å². The largest absolute Gasteiger partial charge is 0.394 e. The molecule has 7 heteroatoms. The summed E-state index contributed by atoms with van der Waals surface area (Å²) < 4.78 is 0. The monoisotopic (exact) mass is 576 g/mol. The van der Waals surface area contributed by atoms with Gasteiger partial charge in [0.1, 0.15) is 0 Å². The zero-order valence-electron chi connectivity index (χ0n) is 26.0. The summed E-state index contributed by atoms with van der Waals surface area (Å²) >= 11 is 0. The predicted octanol–water partition coefficient (Wildman–Crippen LogP) is 5.78. The van der Waals surface area contributed by atoms with E-state index in [1.165, 1.54) is 83.5 Å². The Balaban J connectivity index is 3.93. The smallest absolute Gasteiger partial charge is 0.0776 e. The van der Waals surface area contributed by atoms with Gasteiger partial charge in [0, 0.05) is 0 Å². The van der Waals surface area contributed by atoms with Gasteiger partial charge in [0.2, 0.25) is 0 Å². The van der Waals surface area contributed by atoms with Crippen molar-refractivity contribution < 1.29 is 35.7 Å². The first-order valence-corrected chi connectivity index (χ1v) is 16.9. The average molecular weight is 577 g/mol. The molecule has 0 saturated heterocycles. The van der Waals surface area contributed by atoms with Crippen LogP contribution in [0.25, 0.3) is 0 Å². The lowest BCUT2D eigenvalue weighted by Gasteiger charge is -2.38. The van der Waals surface area contributed by atoms with Crippen LogP contribution >= 0.6 is 0 Å². The summed E-state index contributed by atoms with van der Waals surface area (Å²) in [5, 5.41) is 68.6. The first-order chi connectivity index (χ1) is 19.3. The third-order valence-electron chi connectivity index (χ3n) is 8.52. The zero-order chi connectivity index (χ0) is 29.9. The van der Waals surface area contributed by atoms with Gasteiger partial charge >= 0.3 is 0 Å². The second-order valence-electron chi connectivity index (χ2n) is 12.6. The van der Waals surface area contributed by atoms with Crippen LogP contribution in [-0.4, -0.2) is 80.0 Å². The molecule has 7 nitrogen and oxygen atoms in total. The summed E-state index contributed by atoms with van der Waals surface area (Å²) in [7, 11) is 0. The van der Waals surface area contributed by atoms with Gasteiger partial charge in [0.25, 0.3) is 0 Å². The minimum atomic E-state index is -0.963. The third kappa shape index (κ3) is 23.3. The third-order valence-corrected chi connectivity index (χ3v) is 8.52. The van der Waals surface area contributed by atoms with Crippen LogP contribution in [-0.2, 0) is 0 Å². The molecule has 0 spiro atoms. The molecule has 7 N–H and O–H groups in total. The Morgan fingerprint density at radius 3 is 1.02 bits per heavy atom. The molecule has 4 atom stereocenters. The molecular weight excluding hydrogens is 508 g/mol. The van der Waals surface area contributed by atoms with Crippen LogP contribution in [0.4, 0.5) is 0 Å². The summed E-state index contributed by atoms with van der Waals surface area (Å²) in [6, 6.07) is 0. The molecule has 0 bridgehead atoms. The summed E-state index contributed by atoms with van der Waals surface area (Å²) in [5.41, 5.74) is -0.645. The molecule has 0 rings (SSSR count). The lowest BCUT2D eigenvalue weighted by Crippen LogP contribution is -2.37. The van der Waals surface area contributed by atoms with Gasteiger partial charge in [-0.05, 0) is 43.9 Å². The van der Waals surface area contributed by atoms with Crippen LogP contribution in [0.1, 0.15) is 161 Å². The van der Waals surface area contributed by atoms with E-state index in [1.807, 2.05) is 0 Å². The Hall–Kier alpha value is -0.280. The molecule has 4 unspecified atom stereocenters. The van der Waals surface area contributed by atoms with E-state index >= 15 is 0 Å². The highest BCUT2D eigenvalue weighted by molar-refractivity contribution is 4.87. The summed E-state index contributed by atoms with van der Waals surface area (Å²) in [6.45, 7) is 1.06. The van der Waals surface area contributed by atoms with E-state index in [4.69, 9.17) is 0 Å². The number of rotatable bonds is 31. The molecule has 0 aliphatic heterocycles.